The average molecular weight is 310 g/mol. The molecule has 1 aliphatic heterocycles. The first-order valence-corrected chi connectivity index (χ1v) is 7.24. The van der Waals surface area contributed by atoms with Crippen LogP contribution in [-0.4, -0.2) is 23.9 Å². The molecule has 1 amide bonds. The van der Waals surface area contributed by atoms with E-state index < -0.39 is 0 Å². The van der Waals surface area contributed by atoms with Crippen molar-refractivity contribution in [2.75, 3.05) is 13.1 Å². The lowest BCUT2D eigenvalue weighted by Crippen LogP contribution is -2.43. The molecule has 1 aromatic carbocycles. The summed E-state index contributed by atoms with van der Waals surface area (Å²) in [5.74, 6) is 0.165. The molecule has 0 aliphatic carbocycles. The highest BCUT2D eigenvalue weighted by Crippen LogP contribution is 2.29. The summed E-state index contributed by atoms with van der Waals surface area (Å²) in [5, 5.41) is 0. The van der Waals surface area contributed by atoms with Crippen LogP contribution in [0.3, 0.4) is 0 Å². The molecule has 98 valence electrons. The number of benzene rings is 1. The van der Waals surface area contributed by atoms with Crippen LogP contribution >= 0.6 is 15.9 Å². The Kier molecular flexibility index (Phi) is 3.81. The quantitative estimate of drug-likeness (QED) is 0.767. The molecule has 1 heterocycles. The number of carbonyl (C=O) groups excluding carboxylic acids is 1. The van der Waals surface area contributed by atoms with E-state index in [4.69, 9.17) is 0 Å². The number of nitrogens with zero attached hydrogens (tertiary/aromatic N) is 1. The van der Waals surface area contributed by atoms with Gasteiger partial charge in [0.25, 0.3) is 5.91 Å². The van der Waals surface area contributed by atoms with Crippen molar-refractivity contribution in [1.29, 1.82) is 0 Å². The number of piperidine rings is 1. The molecular formula is C15H20BrNO. The Hall–Kier alpha value is -0.830. The number of likely N-dealkylation sites (tertiary alicyclic amines) is 1. The van der Waals surface area contributed by atoms with Crippen molar-refractivity contribution < 1.29 is 4.79 Å². The second-order valence-corrected chi connectivity index (χ2v) is 6.81. The van der Waals surface area contributed by atoms with Gasteiger partial charge in [-0.2, -0.15) is 0 Å². The lowest BCUT2D eigenvalue weighted by molar-refractivity contribution is 0.0583. The number of rotatable bonds is 1. The number of carbonyl (C=O) groups is 1. The Balaban J connectivity index is 2.18. The van der Waals surface area contributed by atoms with E-state index in [9.17, 15) is 4.79 Å². The van der Waals surface area contributed by atoms with Gasteiger partial charge in [0.2, 0.25) is 0 Å². The van der Waals surface area contributed by atoms with Gasteiger partial charge in [0.1, 0.15) is 0 Å². The Labute approximate surface area is 117 Å². The molecule has 1 fully saturated rings. The molecule has 0 bridgehead atoms. The lowest BCUT2D eigenvalue weighted by atomic mass is 9.84. The fourth-order valence-corrected chi connectivity index (χ4v) is 2.80. The number of hydrogen-bond donors (Lipinski definition) is 0. The SMILES string of the molecule is Cc1cc(C(=O)N2CCCC(C)(C)C2)ccc1Br. The first-order chi connectivity index (χ1) is 8.39. The van der Waals surface area contributed by atoms with Crippen LogP contribution in [0, 0.1) is 12.3 Å². The van der Waals surface area contributed by atoms with E-state index >= 15 is 0 Å². The van der Waals surface area contributed by atoms with Gasteiger partial charge in [-0.25, -0.2) is 0 Å². The molecule has 0 N–H and O–H groups in total. The van der Waals surface area contributed by atoms with E-state index in [0.29, 0.717) is 0 Å². The number of hydrogen-bond acceptors (Lipinski definition) is 1. The van der Waals surface area contributed by atoms with Crippen molar-refractivity contribution in [2.45, 2.75) is 33.6 Å². The minimum absolute atomic E-state index is 0.165. The Bertz CT molecular complexity index is 468. The van der Waals surface area contributed by atoms with Crippen molar-refractivity contribution in [3.05, 3.63) is 33.8 Å². The second-order valence-electron chi connectivity index (χ2n) is 5.96. The normalized spacial score (nSPS) is 18.8. The van der Waals surface area contributed by atoms with Crippen LogP contribution in [0.1, 0.15) is 42.6 Å². The third-order valence-corrected chi connectivity index (χ3v) is 4.48. The maximum absolute atomic E-state index is 12.5. The van der Waals surface area contributed by atoms with Gasteiger partial charge >= 0.3 is 0 Å². The zero-order valence-electron chi connectivity index (χ0n) is 11.3. The monoisotopic (exact) mass is 309 g/mol. The number of aryl methyl sites for hydroxylation is 1. The molecule has 2 rings (SSSR count). The van der Waals surface area contributed by atoms with E-state index in [-0.39, 0.29) is 11.3 Å². The number of amides is 1. The summed E-state index contributed by atoms with van der Waals surface area (Å²) in [5.41, 5.74) is 2.16. The Morgan fingerprint density at radius 1 is 1.39 bits per heavy atom. The highest BCUT2D eigenvalue weighted by atomic mass is 79.9. The first kappa shape index (κ1) is 13.6. The lowest BCUT2D eigenvalue weighted by Gasteiger charge is -2.38. The van der Waals surface area contributed by atoms with Crippen LogP contribution in [-0.2, 0) is 0 Å². The van der Waals surface area contributed by atoms with Gasteiger partial charge in [-0.1, -0.05) is 29.8 Å². The zero-order chi connectivity index (χ0) is 13.3. The summed E-state index contributed by atoms with van der Waals surface area (Å²) in [6, 6.07) is 5.83. The average Bonchev–Trinajstić information content (AvgIpc) is 2.30. The van der Waals surface area contributed by atoms with Crippen LogP contribution in [0.5, 0.6) is 0 Å². The topological polar surface area (TPSA) is 20.3 Å². The van der Waals surface area contributed by atoms with Gasteiger partial charge in [-0.3, -0.25) is 4.79 Å². The van der Waals surface area contributed by atoms with Crippen molar-refractivity contribution in [3.8, 4) is 0 Å². The molecule has 2 nitrogen and oxygen atoms in total. The van der Waals surface area contributed by atoms with Crippen molar-refractivity contribution in [1.82, 2.24) is 4.90 Å². The first-order valence-electron chi connectivity index (χ1n) is 6.44. The Morgan fingerprint density at radius 2 is 2.11 bits per heavy atom. The highest BCUT2D eigenvalue weighted by molar-refractivity contribution is 9.10. The number of halogens is 1. The van der Waals surface area contributed by atoms with E-state index in [2.05, 4.69) is 29.8 Å². The highest BCUT2D eigenvalue weighted by Gasteiger charge is 2.29. The molecule has 3 heteroatoms. The van der Waals surface area contributed by atoms with Gasteiger partial charge in [-0.15, -0.1) is 0 Å². The van der Waals surface area contributed by atoms with E-state index in [1.165, 1.54) is 6.42 Å². The second kappa shape index (κ2) is 5.04. The van der Waals surface area contributed by atoms with E-state index in [1.54, 1.807) is 0 Å². The summed E-state index contributed by atoms with van der Waals surface area (Å²) in [6.07, 6.45) is 2.31. The largest absolute Gasteiger partial charge is 0.338 e. The van der Waals surface area contributed by atoms with Crippen LogP contribution in [0.25, 0.3) is 0 Å². The van der Waals surface area contributed by atoms with Crippen LogP contribution in [0.2, 0.25) is 0 Å². The molecule has 0 unspecified atom stereocenters. The predicted molar refractivity (Wildman–Crippen MR) is 77.8 cm³/mol. The fourth-order valence-electron chi connectivity index (χ4n) is 2.56. The third-order valence-electron chi connectivity index (χ3n) is 3.59. The molecule has 1 aliphatic rings. The predicted octanol–water partition coefficient (Wildman–Crippen LogP) is 4.02. The van der Waals surface area contributed by atoms with Gasteiger partial charge in [0.15, 0.2) is 0 Å². The Morgan fingerprint density at radius 3 is 2.72 bits per heavy atom. The van der Waals surface area contributed by atoms with Crippen LogP contribution in [0.15, 0.2) is 22.7 Å². The summed E-state index contributed by atoms with van der Waals surface area (Å²) >= 11 is 3.47. The van der Waals surface area contributed by atoms with Crippen molar-refractivity contribution in [3.63, 3.8) is 0 Å². The maximum atomic E-state index is 12.5. The van der Waals surface area contributed by atoms with Crippen molar-refractivity contribution >= 4 is 21.8 Å². The summed E-state index contributed by atoms with van der Waals surface area (Å²) in [7, 11) is 0. The smallest absolute Gasteiger partial charge is 0.253 e. The molecule has 0 atom stereocenters. The summed E-state index contributed by atoms with van der Waals surface area (Å²) in [4.78, 5) is 14.5. The minimum atomic E-state index is 0.165. The fraction of sp³-hybridized carbons (Fsp3) is 0.533. The standard InChI is InChI=1S/C15H20BrNO/c1-11-9-12(5-6-13(11)16)14(18)17-8-4-7-15(2,3)10-17/h5-6,9H,4,7-8,10H2,1-3H3. The van der Waals surface area contributed by atoms with Gasteiger partial charge in [-0.05, 0) is 48.9 Å². The molecule has 18 heavy (non-hydrogen) atoms. The molecule has 1 saturated heterocycles. The molecule has 1 aromatic rings. The van der Waals surface area contributed by atoms with Gasteiger partial charge in [0.05, 0.1) is 0 Å². The molecular weight excluding hydrogens is 290 g/mol. The van der Waals surface area contributed by atoms with Crippen LogP contribution in [0.4, 0.5) is 0 Å². The summed E-state index contributed by atoms with van der Waals surface area (Å²) in [6.45, 7) is 8.23. The minimum Gasteiger partial charge on any atom is -0.338 e. The van der Waals surface area contributed by atoms with E-state index in [1.807, 2.05) is 30.0 Å². The zero-order valence-corrected chi connectivity index (χ0v) is 12.9. The van der Waals surface area contributed by atoms with Gasteiger partial charge < -0.3 is 4.90 Å². The third kappa shape index (κ3) is 2.94. The molecule has 0 spiro atoms. The van der Waals surface area contributed by atoms with E-state index in [0.717, 1.165) is 35.1 Å². The molecule has 0 aromatic heterocycles. The molecule has 0 saturated carbocycles. The van der Waals surface area contributed by atoms with Crippen LogP contribution < -0.4 is 0 Å². The maximum Gasteiger partial charge on any atom is 0.253 e. The van der Waals surface area contributed by atoms with Gasteiger partial charge in [0, 0.05) is 23.1 Å². The van der Waals surface area contributed by atoms with Crippen molar-refractivity contribution in [2.24, 2.45) is 5.41 Å². The molecule has 0 radical (unpaired) electrons. The summed E-state index contributed by atoms with van der Waals surface area (Å²) < 4.78 is 1.05.